The fraction of sp³-hybridized carbons (Fsp3) is 0.440. The summed E-state index contributed by atoms with van der Waals surface area (Å²) in [6, 6.07) is 16.4. The van der Waals surface area contributed by atoms with Gasteiger partial charge in [0.2, 0.25) is 0 Å². The van der Waals surface area contributed by atoms with E-state index in [1.165, 1.54) is 11.1 Å². The summed E-state index contributed by atoms with van der Waals surface area (Å²) in [5, 5.41) is 0. The van der Waals surface area contributed by atoms with Crippen molar-refractivity contribution in [2.45, 2.75) is 58.5 Å². The molecule has 0 aliphatic heterocycles. The van der Waals surface area contributed by atoms with Gasteiger partial charge in [-0.05, 0) is 62.8 Å². The van der Waals surface area contributed by atoms with Gasteiger partial charge in [-0.2, -0.15) is 0 Å². The van der Waals surface area contributed by atoms with Crippen LogP contribution in [-0.4, -0.2) is 24.1 Å². The molecule has 29 heavy (non-hydrogen) atoms. The highest BCUT2D eigenvalue weighted by Crippen LogP contribution is 2.41. The zero-order chi connectivity index (χ0) is 21.0. The summed E-state index contributed by atoms with van der Waals surface area (Å²) in [4.78, 5) is 25.7. The van der Waals surface area contributed by atoms with Gasteiger partial charge in [0, 0.05) is 5.92 Å². The van der Waals surface area contributed by atoms with Crippen LogP contribution in [0.2, 0.25) is 0 Å². The van der Waals surface area contributed by atoms with Crippen molar-refractivity contribution >= 4 is 11.9 Å². The van der Waals surface area contributed by atoms with Crippen molar-refractivity contribution in [1.29, 1.82) is 0 Å². The van der Waals surface area contributed by atoms with E-state index < -0.39 is 11.5 Å². The molecule has 0 aromatic heterocycles. The summed E-state index contributed by atoms with van der Waals surface area (Å²) in [5.74, 6) is -1.61. The fourth-order valence-electron chi connectivity index (χ4n) is 4.15. The minimum absolute atomic E-state index is 0.0105. The molecule has 0 bridgehead atoms. The first-order chi connectivity index (χ1) is 13.8. The molecule has 0 radical (unpaired) electrons. The smallest absolute Gasteiger partial charge is 0.310 e. The Hall–Kier alpha value is -2.62. The van der Waals surface area contributed by atoms with Crippen LogP contribution in [0, 0.1) is 5.92 Å². The number of hydrogen-bond acceptors (Lipinski definition) is 4. The standard InChI is InChI=1S/C25H30O4/c1-5-28-24(27)21(16-22(26)29-25(2,3)4)23-19-12-8-6-10-17(19)14-15-18-11-7-9-13-20(18)23/h6-13,21,23H,5,14-16H2,1-4H3. The minimum Gasteiger partial charge on any atom is -0.466 e. The Balaban J connectivity index is 2.08. The van der Waals surface area contributed by atoms with Gasteiger partial charge in [0.1, 0.15) is 5.60 Å². The molecule has 2 aromatic carbocycles. The van der Waals surface area contributed by atoms with Gasteiger partial charge in [0.25, 0.3) is 0 Å². The molecule has 4 nitrogen and oxygen atoms in total. The highest BCUT2D eigenvalue weighted by atomic mass is 16.6. The average Bonchev–Trinajstić information content (AvgIpc) is 2.82. The molecule has 154 valence electrons. The minimum atomic E-state index is -0.634. The van der Waals surface area contributed by atoms with E-state index in [9.17, 15) is 9.59 Å². The predicted octanol–water partition coefficient (Wildman–Crippen LogP) is 4.83. The maximum atomic E-state index is 13.0. The van der Waals surface area contributed by atoms with Crippen molar-refractivity contribution in [1.82, 2.24) is 0 Å². The normalized spacial score (nSPS) is 14.9. The van der Waals surface area contributed by atoms with E-state index >= 15 is 0 Å². The van der Waals surface area contributed by atoms with Crippen molar-refractivity contribution in [2.24, 2.45) is 5.92 Å². The number of fused-ring (bicyclic) bond motifs is 2. The SMILES string of the molecule is CCOC(=O)C(CC(=O)OC(C)(C)C)C1c2ccccc2CCc2ccccc21. The van der Waals surface area contributed by atoms with Gasteiger partial charge >= 0.3 is 11.9 Å². The maximum Gasteiger partial charge on any atom is 0.310 e. The highest BCUT2D eigenvalue weighted by molar-refractivity contribution is 5.82. The Morgan fingerprint density at radius 3 is 1.97 bits per heavy atom. The van der Waals surface area contributed by atoms with E-state index in [1.54, 1.807) is 6.92 Å². The molecule has 0 amide bonds. The van der Waals surface area contributed by atoms with E-state index in [0.29, 0.717) is 0 Å². The Morgan fingerprint density at radius 2 is 1.48 bits per heavy atom. The Bertz CT molecular complexity index is 831. The third-order valence-electron chi connectivity index (χ3n) is 5.24. The molecular formula is C25H30O4. The van der Waals surface area contributed by atoms with Crippen LogP contribution in [0.3, 0.4) is 0 Å². The number of hydrogen-bond donors (Lipinski definition) is 0. The molecule has 0 heterocycles. The zero-order valence-corrected chi connectivity index (χ0v) is 17.7. The summed E-state index contributed by atoms with van der Waals surface area (Å²) in [6.07, 6.45) is 1.81. The van der Waals surface area contributed by atoms with E-state index in [4.69, 9.17) is 9.47 Å². The lowest BCUT2D eigenvalue weighted by Gasteiger charge is -2.29. The van der Waals surface area contributed by atoms with Crippen molar-refractivity contribution in [3.05, 3.63) is 70.8 Å². The predicted molar refractivity (Wildman–Crippen MR) is 113 cm³/mol. The van der Waals surface area contributed by atoms with Crippen molar-refractivity contribution < 1.29 is 19.1 Å². The number of ether oxygens (including phenoxy) is 2. The number of benzene rings is 2. The lowest BCUT2D eigenvalue weighted by molar-refractivity contribution is -0.161. The first-order valence-corrected chi connectivity index (χ1v) is 10.3. The lowest BCUT2D eigenvalue weighted by Crippen LogP contribution is -2.32. The molecule has 0 saturated heterocycles. The van der Waals surface area contributed by atoms with Crippen LogP contribution in [-0.2, 0) is 31.9 Å². The molecule has 1 aliphatic rings. The van der Waals surface area contributed by atoms with E-state index in [-0.39, 0.29) is 30.9 Å². The topological polar surface area (TPSA) is 52.6 Å². The van der Waals surface area contributed by atoms with Crippen molar-refractivity contribution in [3.63, 3.8) is 0 Å². The molecule has 1 unspecified atom stereocenters. The summed E-state index contributed by atoms with van der Waals surface area (Å²) in [7, 11) is 0. The first kappa shape index (κ1) is 21.1. The summed E-state index contributed by atoms with van der Waals surface area (Å²) in [5.41, 5.74) is 4.02. The van der Waals surface area contributed by atoms with Crippen molar-refractivity contribution in [3.8, 4) is 0 Å². The molecule has 0 spiro atoms. The van der Waals surface area contributed by atoms with Crippen LogP contribution >= 0.6 is 0 Å². The lowest BCUT2D eigenvalue weighted by atomic mass is 9.77. The van der Waals surface area contributed by atoms with E-state index in [1.807, 2.05) is 45.0 Å². The fourth-order valence-corrected chi connectivity index (χ4v) is 4.15. The van der Waals surface area contributed by atoms with Gasteiger partial charge < -0.3 is 9.47 Å². The first-order valence-electron chi connectivity index (χ1n) is 10.3. The molecule has 0 fully saturated rings. The quantitative estimate of drug-likeness (QED) is 0.682. The number of carbonyl (C=O) groups is 2. The van der Waals surface area contributed by atoms with Gasteiger partial charge in [-0.1, -0.05) is 48.5 Å². The summed E-state index contributed by atoms with van der Waals surface area (Å²) >= 11 is 0. The van der Waals surface area contributed by atoms with Gasteiger partial charge in [0.15, 0.2) is 0 Å². The van der Waals surface area contributed by atoms with Gasteiger partial charge in [-0.15, -0.1) is 0 Å². The van der Waals surface area contributed by atoms with E-state index in [2.05, 4.69) is 24.3 Å². The second kappa shape index (κ2) is 8.81. The molecule has 3 rings (SSSR count). The van der Waals surface area contributed by atoms with Crippen LogP contribution in [0.15, 0.2) is 48.5 Å². The van der Waals surface area contributed by atoms with Gasteiger partial charge in [0.05, 0.1) is 18.9 Å². The molecule has 4 heteroatoms. The molecule has 1 aliphatic carbocycles. The second-order valence-electron chi connectivity index (χ2n) is 8.52. The Labute approximate surface area is 173 Å². The van der Waals surface area contributed by atoms with Crippen LogP contribution < -0.4 is 0 Å². The maximum absolute atomic E-state index is 13.0. The number of aryl methyl sites for hydroxylation is 2. The average molecular weight is 395 g/mol. The zero-order valence-electron chi connectivity index (χ0n) is 17.7. The number of rotatable bonds is 5. The van der Waals surface area contributed by atoms with E-state index in [0.717, 1.165) is 24.0 Å². The number of carbonyl (C=O) groups excluding carboxylic acids is 2. The van der Waals surface area contributed by atoms with Crippen LogP contribution in [0.5, 0.6) is 0 Å². The molecule has 0 saturated carbocycles. The van der Waals surface area contributed by atoms with Crippen LogP contribution in [0.1, 0.15) is 62.3 Å². The molecule has 2 aromatic rings. The Morgan fingerprint density at radius 1 is 0.966 bits per heavy atom. The summed E-state index contributed by atoms with van der Waals surface area (Å²) in [6.45, 7) is 7.57. The third-order valence-corrected chi connectivity index (χ3v) is 5.24. The highest BCUT2D eigenvalue weighted by Gasteiger charge is 2.38. The van der Waals surface area contributed by atoms with Crippen LogP contribution in [0.25, 0.3) is 0 Å². The second-order valence-corrected chi connectivity index (χ2v) is 8.52. The van der Waals surface area contributed by atoms with Crippen LogP contribution in [0.4, 0.5) is 0 Å². The number of esters is 2. The third kappa shape index (κ3) is 5.06. The van der Waals surface area contributed by atoms with Crippen molar-refractivity contribution in [2.75, 3.05) is 6.61 Å². The molecular weight excluding hydrogens is 364 g/mol. The molecule has 0 N–H and O–H groups in total. The molecule has 1 atom stereocenters. The summed E-state index contributed by atoms with van der Waals surface area (Å²) < 4.78 is 11.0. The van der Waals surface area contributed by atoms with Gasteiger partial charge in [-0.25, -0.2) is 0 Å². The largest absolute Gasteiger partial charge is 0.466 e. The monoisotopic (exact) mass is 394 g/mol. The van der Waals surface area contributed by atoms with Gasteiger partial charge in [-0.3, -0.25) is 9.59 Å². The Kier molecular flexibility index (Phi) is 6.41.